The van der Waals surface area contributed by atoms with E-state index < -0.39 is 0 Å². The van der Waals surface area contributed by atoms with E-state index >= 15 is 0 Å². The molecule has 0 bridgehead atoms. The molecule has 1 atom stereocenters. The molecule has 0 aromatic heterocycles. The van der Waals surface area contributed by atoms with Crippen molar-refractivity contribution in [3.63, 3.8) is 0 Å². The van der Waals surface area contributed by atoms with Crippen LogP contribution in [0.4, 0.5) is 0 Å². The monoisotopic (exact) mass is 167 g/mol. The molecule has 0 fully saturated rings. The maximum atomic E-state index is 9.99. The first-order valence-corrected chi connectivity index (χ1v) is 3.95. The quantitative estimate of drug-likeness (QED) is 0.434. The third-order valence-electron chi connectivity index (χ3n) is 2.14. The first-order valence-electron chi connectivity index (χ1n) is 3.95. The van der Waals surface area contributed by atoms with Gasteiger partial charge >= 0.3 is 0 Å². The molecular weight excluding hydrogens is 158 g/mol. The predicted molar refractivity (Wildman–Crippen MR) is 39.8 cm³/mol. The number of ether oxygens (including phenoxy) is 2. The SMILES string of the molecule is O=C=NC1CCC2=C(C1)OCO2. The Balaban J connectivity index is 2.08. The Kier molecular flexibility index (Phi) is 1.84. The lowest BCUT2D eigenvalue weighted by atomic mass is 10.00. The smallest absolute Gasteiger partial charge is 0.235 e. The van der Waals surface area contributed by atoms with Gasteiger partial charge in [0.15, 0.2) is 0 Å². The van der Waals surface area contributed by atoms with Gasteiger partial charge in [-0.25, -0.2) is 9.79 Å². The van der Waals surface area contributed by atoms with Crippen molar-refractivity contribution < 1.29 is 14.3 Å². The van der Waals surface area contributed by atoms with Crippen molar-refractivity contribution in [2.24, 2.45) is 4.99 Å². The van der Waals surface area contributed by atoms with Crippen molar-refractivity contribution in [1.29, 1.82) is 0 Å². The first kappa shape index (κ1) is 7.37. The second-order valence-electron chi connectivity index (χ2n) is 2.87. The Bertz CT molecular complexity index is 265. The predicted octanol–water partition coefficient (Wildman–Crippen LogP) is 1.09. The van der Waals surface area contributed by atoms with Gasteiger partial charge in [0.25, 0.3) is 0 Å². The lowest BCUT2D eigenvalue weighted by Crippen LogP contribution is -2.11. The van der Waals surface area contributed by atoms with Crippen LogP contribution in [0, 0.1) is 0 Å². The number of nitrogens with zero attached hydrogens (tertiary/aromatic N) is 1. The van der Waals surface area contributed by atoms with Crippen molar-refractivity contribution in [3.05, 3.63) is 11.5 Å². The molecule has 1 aliphatic heterocycles. The van der Waals surface area contributed by atoms with Gasteiger partial charge < -0.3 is 9.47 Å². The Morgan fingerprint density at radius 3 is 3.08 bits per heavy atom. The van der Waals surface area contributed by atoms with E-state index in [-0.39, 0.29) is 6.04 Å². The van der Waals surface area contributed by atoms with E-state index in [1.807, 2.05) is 0 Å². The molecule has 0 saturated carbocycles. The van der Waals surface area contributed by atoms with E-state index in [1.54, 1.807) is 6.08 Å². The fourth-order valence-electron chi connectivity index (χ4n) is 1.52. The van der Waals surface area contributed by atoms with E-state index in [2.05, 4.69) is 4.99 Å². The highest BCUT2D eigenvalue weighted by Gasteiger charge is 2.26. The zero-order valence-corrected chi connectivity index (χ0v) is 6.58. The average Bonchev–Trinajstić information content (AvgIpc) is 2.51. The van der Waals surface area contributed by atoms with Gasteiger partial charge in [0.05, 0.1) is 6.04 Å². The van der Waals surface area contributed by atoms with E-state index in [4.69, 9.17) is 9.47 Å². The fraction of sp³-hybridized carbons (Fsp3) is 0.625. The standard InChI is InChI=1S/C8H9NO3/c10-4-9-6-1-2-7-8(3-6)12-5-11-7/h6H,1-3,5H2. The third-order valence-corrected chi connectivity index (χ3v) is 2.14. The number of aliphatic imine (C=N–C) groups is 1. The van der Waals surface area contributed by atoms with Gasteiger partial charge in [-0.1, -0.05) is 0 Å². The van der Waals surface area contributed by atoms with Crippen LogP contribution in [0.2, 0.25) is 0 Å². The zero-order valence-electron chi connectivity index (χ0n) is 6.58. The zero-order chi connectivity index (χ0) is 8.39. The highest BCUT2D eigenvalue weighted by molar-refractivity contribution is 5.34. The van der Waals surface area contributed by atoms with E-state index in [0.717, 1.165) is 24.4 Å². The largest absolute Gasteiger partial charge is 0.458 e. The van der Waals surface area contributed by atoms with Gasteiger partial charge in [0.1, 0.15) is 11.5 Å². The summed E-state index contributed by atoms with van der Waals surface area (Å²) in [6.07, 6.45) is 3.94. The molecule has 0 spiro atoms. The van der Waals surface area contributed by atoms with Crippen molar-refractivity contribution in [2.45, 2.75) is 25.3 Å². The molecule has 0 aromatic rings. The summed E-state index contributed by atoms with van der Waals surface area (Å²) in [5.74, 6) is 1.80. The molecule has 12 heavy (non-hydrogen) atoms. The Morgan fingerprint density at radius 2 is 2.25 bits per heavy atom. The molecule has 0 amide bonds. The van der Waals surface area contributed by atoms with Crippen LogP contribution in [0.5, 0.6) is 0 Å². The van der Waals surface area contributed by atoms with E-state index in [1.165, 1.54) is 0 Å². The summed E-state index contributed by atoms with van der Waals surface area (Å²) in [4.78, 5) is 13.7. The minimum Gasteiger partial charge on any atom is -0.458 e. The van der Waals surface area contributed by atoms with Gasteiger partial charge in [-0.05, 0) is 6.42 Å². The molecule has 2 rings (SSSR count). The van der Waals surface area contributed by atoms with Crippen LogP contribution in [0.1, 0.15) is 19.3 Å². The summed E-state index contributed by atoms with van der Waals surface area (Å²) >= 11 is 0. The second kappa shape index (κ2) is 2.99. The lowest BCUT2D eigenvalue weighted by molar-refractivity contribution is 0.0692. The van der Waals surface area contributed by atoms with E-state index in [9.17, 15) is 4.79 Å². The van der Waals surface area contributed by atoms with Crippen molar-refractivity contribution in [1.82, 2.24) is 0 Å². The Hall–Kier alpha value is -1.28. The molecule has 2 aliphatic rings. The van der Waals surface area contributed by atoms with Gasteiger partial charge in [0, 0.05) is 12.8 Å². The maximum Gasteiger partial charge on any atom is 0.235 e. The molecule has 1 unspecified atom stereocenters. The van der Waals surface area contributed by atoms with Crippen molar-refractivity contribution in [2.75, 3.05) is 6.79 Å². The van der Waals surface area contributed by atoms with Crippen LogP contribution in [0.25, 0.3) is 0 Å². The molecule has 4 heteroatoms. The number of carbonyl (C=O) groups excluding carboxylic acids is 1. The molecule has 1 aliphatic carbocycles. The van der Waals surface area contributed by atoms with Crippen LogP contribution < -0.4 is 0 Å². The summed E-state index contributed by atoms with van der Waals surface area (Å²) in [5.41, 5.74) is 0. The number of isocyanates is 1. The van der Waals surface area contributed by atoms with Crippen LogP contribution >= 0.6 is 0 Å². The molecule has 4 nitrogen and oxygen atoms in total. The molecule has 64 valence electrons. The minimum atomic E-state index is 0.0444. The average molecular weight is 167 g/mol. The summed E-state index contributed by atoms with van der Waals surface area (Å²) < 4.78 is 10.4. The van der Waals surface area contributed by atoms with Crippen LogP contribution in [-0.2, 0) is 14.3 Å². The molecular formula is C8H9NO3. The summed E-state index contributed by atoms with van der Waals surface area (Å²) in [7, 11) is 0. The summed E-state index contributed by atoms with van der Waals surface area (Å²) in [5, 5.41) is 0. The lowest BCUT2D eigenvalue weighted by Gasteiger charge is -2.15. The fourth-order valence-corrected chi connectivity index (χ4v) is 1.52. The molecule has 0 radical (unpaired) electrons. The van der Waals surface area contributed by atoms with Crippen molar-refractivity contribution >= 4 is 6.08 Å². The number of hydrogen-bond donors (Lipinski definition) is 0. The highest BCUT2D eigenvalue weighted by Crippen LogP contribution is 2.31. The number of hydrogen-bond acceptors (Lipinski definition) is 4. The number of allylic oxidation sites excluding steroid dienone is 1. The minimum absolute atomic E-state index is 0.0444. The van der Waals surface area contributed by atoms with E-state index in [0.29, 0.717) is 13.2 Å². The van der Waals surface area contributed by atoms with Gasteiger partial charge in [-0.15, -0.1) is 0 Å². The molecule has 0 aromatic carbocycles. The van der Waals surface area contributed by atoms with Crippen molar-refractivity contribution in [3.8, 4) is 0 Å². The normalized spacial score (nSPS) is 26.8. The molecule has 1 heterocycles. The maximum absolute atomic E-state index is 9.99. The van der Waals surface area contributed by atoms with Gasteiger partial charge in [0.2, 0.25) is 12.9 Å². The van der Waals surface area contributed by atoms with Crippen LogP contribution in [-0.4, -0.2) is 18.9 Å². The Labute approximate surface area is 69.9 Å². The first-order chi connectivity index (χ1) is 5.90. The summed E-state index contributed by atoms with van der Waals surface area (Å²) in [6.45, 7) is 0.322. The number of rotatable bonds is 1. The van der Waals surface area contributed by atoms with Gasteiger partial charge in [-0.3, -0.25) is 0 Å². The molecule has 0 saturated heterocycles. The second-order valence-corrected chi connectivity index (χ2v) is 2.87. The highest BCUT2D eigenvalue weighted by atomic mass is 16.7. The topological polar surface area (TPSA) is 47.9 Å². The van der Waals surface area contributed by atoms with Crippen LogP contribution in [0.15, 0.2) is 16.5 Å². The summed E-state index contributed by atoms with van der Waals surface area (Å²) in [6, 6.07) is 0.0444. The molecule has 0 N–H and O–H groups in total. The third kappa shape index (κ3) is 1.21. The van der Waals surface area contributed by atoms with Crippen LogP contribution in [0.3, 0.4) is 0 Å². The van der Waals surface area contributed by atoms with Gasteiger partial charge in [-0.2, -0.15) is 0 Å². The Morgan fingerprint density at radius 1 is 1.42 bits per heavy atom.